The minimum atomic E-state index is -4.96. The van der Waals surface area contributed by atoms with Gasteiger partial charge in [-0.05, 0) is 61.7 Å². The van der Waals surface area contributed by atoms with E-state index in [0.29, 0.717) is 18.5 Å². The van der Waals surface area contributed by atoms with Crippen molar-refractivity contribution in [2.24, 2.45) is 5.73 Å². The molecular weight excluding hydrogens is 459 g/mol. The predicted octanol–water partition coefficient (Wildman–Crippen LogP) is 3.79. The highest BCUT2D eigenvalue weighted by molar-refractivity contribution is 5.95. The maximum absolute atomic E-state index is 12.6. The van der Waals surface area contributed by atoms with Gasteiger partial charge in [-0.15, -0.1) is 0 Å². The van der Waals surface area contributed by atoms with Gasteiger partial charge in [-0.25, -0.2) is 0 Å². The van der Waals surface area contributed by atoms with Crippen molar-refractivity contribution in [1.29, 1.82) is 5.26 Å². The zero-order chi connectivity index (χ0) is 25.6. The first kappa shape index (κ1) is 26.0. The fourth-order valence-electron chi connectivity index (χ4n) is 4.36. The lowest BCUT2D eigenvalue weighted by Crippen LogP contribution is -2.48. The van der Waals surface area contributed by atoms with Crippen molar-refractivity contribution in [1.82, 2.24) is 4.90 Å². The summed E-state index contributed by atoms with van der Waals surface area (Å²) in [6.45, 7) is 4.02. The molecule has 2 aromatic rings. The zero-order valence-electron chi connectivity index (χ0n) is 19.4. The maximum atomic E-state index is 12.6. The second-order valence-corrected chi connectivity index (χ2v) is 8.73. The van der Waals surface area contributed by atoms with Gasteiger partial charge < -0.3 is 16.0 Å². The average Bonchev–Trinajstić information content (AvgIpc) is 2.82. The second-order valence-electron chi connectivity index (χ2n) is 8.73. The molecule has 1 heterocycles. The first-order chi connectivity index (χ1) is 16.6. The number of nitrogens with zero attached hydrogens (tertiary/aromatic N) is 3. The molecule has 35 heavy (non-hydrogen) atoms. The number of alkyl halides is 3. The van der Waals surface area contributed by atoms with Crippen molar-refractivity contribution >= 4 is 23.2 Å². The molecule has 0 aliphatic carbocycles. The van der Waals surface area contributed by atoms with Crippen LogP contribution in [0.15, 0.2) is 48.5 Å². The Labute approximate surface area is 202 Å². The van der Waals surface area contributed by atoms with Gasteiger partial charge in [-0.2, -0.15) is 18.4 Å². The summed E-state index contributed by atoms with van der Waals surface area (Å²) in [5, 5.41) is 11.1. The van der Waals surface area contributed by atoms with Crippen LogP contribution in [-0.2, 0) is 16.1 Å². The molecule has 2 aromatic carbocycles. The van der Waals surface area contributed by atoms with Gasteiger partial charge in [0.2, 0.25) is 5.91 Å². The van der Waals surface area contributed by atoms with Gasteiger partial charge in [0.15, 0.2) is 0 Å². The quantitative estimate of drug-likeness (QED) is 0.590. The lowest BCUT2D eigenvalue weighted by molar-refractivity contribution is -0.167. The molecule has 0 bridgehead atoms. The van der Waals surface area contributed by atoms with E-state index in [2.05, 4.69) is 15.9 Å². The van der Waals surface area contributed by atoms with E-state index in [0.717, 1.165) is 37.2 Å². The van der Waals surface area contributed by atoms with Gasteiger partial charge in [0, 0.05) is 49.5 Å². The maximum Gasteiger partial charge on any atom is 0.471 e. The van der Waals surface area contributed by atoms with E-state index in [1.807, 2.05) is 30.4 Å². The summed E-state index contributed by atoms with van der Waals surface area (Å²) in [5.41, 5.74) is 7.67. The van der Waals surface area contributed by atoms with Crippen molar-refractivity contribution in [3.63, 3.8) is 0 Å². The smallest absolute Gasteiger partial charge is 0.370 e. The monoisotopic (exact) mass is 487 g/mol. The summed E-state index contributed by atoms with van der Waals surface area (Å²) in [7, 11) is 0. The minimum absolute atomic E-state index is 0.0470. The van der Waals surface area contributed by atoms with Crippen LogP contribution in [0.25, 0.3) is 0 Å². The number of amides is 2. The van der Waals surface area contributed by atoms with E-state index in [1.165, 1.54) is 12.1 Å². The van der Waals surface area contributed by atoms with Crippen LogP contribution in [0.2, 0.25) is 0 Å². The number of hydrogen-bond acceptors (Lipinski definition) is 5. The van der Waals surface area contributed by atoms with E-state index in [-0.39, 0.29) is 23.7 Å². The molecular formula is C25H28F3N5O2. The Hall–Kier alpha value is -3.58. The molecule has 0 saturated carbocycles. The first-order valence-corrected chi connectivity index (χ1v) is 11.3. The molecule has 1 aliphatic heterocycles. The van der Waals surface area contributed by atoms with Crippen molar-refractivity contribution in [2.45, 2.75) is 51.0 Å². The van der Waals surface area contributed by atoms with Gasteiger partial charge in [0.1, 0.15) is 0 Å². The predicted molar refractivity (Wildman–Crippen MR) is 126 cm³/mol. The fourth-order valence-corrected chi connectivity index (χ4v) is 4.36. The fraction of sp³-hybridized carbons (Fsp3) is 0.400. The SMILES string of the molecule is CC(CC(N)=O)N1CCC(N(Cc2cccc(C#N)c2)c2ccc(NC(=O)C(F)(F)F)cc2)CC1. The molecule has 1 atom stereocenters. The third kappa shape index (κ3) is 7.20. The summed E-state index contributed by atoms with van der Waals surface area (Å²) < 4.78 is 37.7. The van der Waals surface area contributed by atoms with Gasteiger partial charge in [-0.3, -0.25) is 14.5 Å². The Bertz CT molecular complexity index is 1070. The molecule has 7 nitrogen and oxygen atoms in total. The number of hydrogen-bond donors (Lipinski definition) is 2. The molecule has 3 rings (SSSR count). The molecule has 1 aliphatic rings. The third-order valence-electron chi connectivity index (χ3n) is 6.18. The highest BCUT2D eigenvalue weighted by Gasteiger charge is 2.38. The van der Waals surface area contributed by atoms with Crippen LogP contribution >= 0.6 is 0 Å². The van der Waals surface area contributed by atoms with Crippen molar-refractivity contribution in [2.75, 3.05) is 23.3 Å². The number of nitriles is 1. The second kappa shape index (κ2) is 11.2. The number of anilines is 2. The number of primary amides is 1. The lowest BCUT2D eigenvalue weighted by Gasteiger charge is -2.41. The topological polar surface area (TPSA) is 102 Å². The number of benzene rings is 2. The highest BCUT2D eigenvalue weighted by Crippen LogP contribution is 2.29. The lowest BCUT2D eigenvalue weighted by atomic mass is 9.99. The van der Waals surface area contributed by atoms with Crippen molar-refractivity contribution in [3.8, 4) is 6.07 Å². The number of piperidine rings is 1. The molecule has 186 valence electrons. The molecule has 1 unspecified atom stereocenters. The molecule has 0 radical (unpaired) electrons. The summed E-state index contributed by atoms with van der Waals surface area (Å²) in [5.74, 6) is -2.36. The van der Waals surface area contributed by atoms with Crippen LogP contribution in [-0.4, -0.2) is 48.1 Å². The molecule has 1 fully saturated rings. The Morgan fingerprint density at radius 2 is 1.86 bits per heavy atom. The molecule has 0 aromatic heterocycles. The van der Waals surface area contributed by atoms with Gasteiger partial charge in [0.25, 0.3) is 0 Å². The number of nitrogens with one attached hydrogen (secondary N) is 1. The molecule has 3 N–H and O–H groups in total. The molecule has 10 heteroatoms. The number of likely N-dealkylation sites (tertiary alicyclic amines) is 1. The number of carbonyl (C=O) groups is 2. The normalized spacial score (nSPS) is 15.7. The van der Waals surface area contributed by atoms with Gasteiger partial charge in [0.05, 0.1) is 11.6 Å². The zero-order valence-corrected chi connectivity index (χ0v) is 19.4. The van der Waals surface area contributed by atoms with Crippen LogP contribution in [0.3, 0.4) is 0 Å². The Morgan fingerprint density at radius 1 is 1.20 bits per heavy atom. The number of halogens is 3. The van der Waals surface area contributed by atoms with Crippen LogP contribution in [0.1, 0.15) is 37.3 Å². The number of rotatable bonds is 8. The number of carbonyl (C=O) groups excluding carboxylic acids is 2. The molecule has 0 spiro atoms. The summed E-state index contributed by atoms with van der Waals surface area (Å²) in [6, 6.07) is 15.9. The Morgan fingerprint density at radius 3 is 2.43 bits per heavy atom. The van der Waals surface area contributed by atoms with Crippen LogP contribution in [0.5, 0.6) is 0 Å². The van der Waals surface area contributed by atoms with E-state index in [4.69, 9.17) is 5.73 Å². The van der Waals surface area contributed by atoms with E-state index in [1.54, 1.807) is 18.2 Å². The largest absolute Gasteiger partial charge is 0.471 e. The van der Waals surface area contributed by atoms with E-state index < -0.39 is 12.1 Å². The summed E-state index contributed by atoms with van der Waals surface area (Å²) in [6.07, 6.45) is -3.04. The first-order valence-electron chi connectivity index (χ1n) is 11.3. The average molecular weight is 488 g/mol. The number of nitrogens with two attached hydrogens (primary N) is 1. The van der Waals surface area contributed by atoms with Crippen molar-refractivity contribution < 1.29 is 22.8 Å². The Balaban J connectivity index is 1.79. The minimum Gasteiger partial charge on any atom is -0.370 e. The third-order valence-corrected chi connectivity index (χ3v) is 6.18. The van der Waals surface area contributed by atoms with Crippen molar-refractivity contribution in [3.05, 3.63) is 59.7 Å². The van der Waals surface area contributed by atoms with Crippen LogP contribution in [0, 0.1) is 11.3 Å². The van der Waals surface area contributed by atoms with Gasteiger partial charge in [-0.1, -0.05) is 12.1 Å². The van der Waals surface area contributed by atoms with Crippen LogP contribution in [0.4, 0.5) is 24.5 Å². The van der Waals surface area contributed by atoms with E-state index >= 15 is 0 Å². The molecule has 2 amide bonds. The molecule has 1 saturated heterocycles. The van der Waals surface area contributed by atoms with Crippen LogP contribution < -0.4 is 16.0 Å². The standard InChI is InChI=1S/C25H28F3N5O2/c1-17(13-23(30)34)32-11-9-22(10-12-32)33(16-19-4-2-3-18(14-19)15-29)21-7-5-20(6-8-21)31-24(35)25(26,27)28/h2-8,14,17,22H,9-13,16H2,1H3,(H2,30,34)(H,31,35). The summed E-state index contributed by atoms with van der Waals surface area (Å²) >= 11 is 0. The highest BCUT2D eigenvalue weighted by atomic mass is 19.4. The summed E-state index contributed by atoms with van der Waals surface area (Å²) in [4.78, 5) is 26.9. The Kier molecular flexibility index (Phi) is 8.35. The van der Waals surface area contributed by atoms with Gasteiger partial charge >= 0.3 is 12.1 Å². The van der Waals surface area contributed by atoms with E-state index in [9.17, 15) is 28.0 Å².